The third kappa shape index (κ3) is 1.26. The number of nitrogens with zero attached hydrogens (tertiary/aromatic N) is 1. The molecule has 1 aromatic heterocycles. The second-order valence-electron chi connectivity index (χ2n) is 3.83. The van der Waals surface area contributed by atoms with E-state index in [1.807, 2.05) is 6.07 Å². The molecule has 1 aromatic carbocycles. The summed E-state index contributed by atoms with van der Waals surface area (Å²) in [6, 6.07) is 5.23. The number of nitrogens with one attached hydrogen (secondary N) is 1. The minimum absolute atomic E-state index is 0.169. The predicted molar refractivity (Wildman–Crippen MR) is 56.3 cm³/mol. The first-order chi connectivity index (χ1) is 7.19. The summed E-state index contributed by atoms with van der Waals surface area (Å²) in [4.78, 5) is 0.413. The number of H-pyrrole nitrogens is 1. The van der Waals surface area contributed by atoms with Gasteiger partial charge in [0.05, 0.1) is 21.9 Å². The van der Waals surface area contributed by atoms with Gasteiger partial charge >= 0.3 is 0 Å². The van der Waals surface area contributed by atoms with E-state index < -0.39 is 9.84 Å². The quantitative estimate of drug-likeness (QED) is 0.837. The van der Waals surface area contributed by atoms with Crippen molar-refractivity contribution in [2.24, 2.45) is 0 Å². The first kappa shape index (κ1) is 8.91. The fourth-order valence-electron chi connectivity index (χ4n) is 1.75. The molecule has 2 aromatic rings. The summed E-state index contributed by atoms with van der Waals surface area (Å²) in [5, 5.41) is 7.17. The van der Waals surface area contributed by atoms with Crippen LogP contribution in [0.4, 0.5) is 0 Å². The lowest BCUT2D eigenvalue weighted by Crippen LogP contribution is -2.07. The van der Waals surface area contributed by atoms with Crippen LogP contribution in [0.2, 0.25) is 0 Å². The zero-order valence-electron chi connectivity index (χ0n) is 7.97. The lowest BCUT2D eigenvalue weighted by atomic mass is 10.3. The van der Waals surface area contributed by atoms with E-state index >= 15 is 0 Å². The Hall–Kier alpha value is -1.36. The zero-order valence-corrected chi connectivity index (χ0v) is 8.79. The zero-order chi connectivity index (χ0) is 10.5. The van der Waals surface area contributed by atoms with Gasteiger partial charge in [0.2, 0.25) is 0 Å². The van der Waals surface area contributed by atoms with E-state index in [9.17, 15) is 8.42 Å². The van der Waals surface area contributed by atoms with Crippen LogP contribution in [0.15, 0.2) is 29.3 Å². The van der Waals surface area contributed by atoms with Crippen LogP contribution in [0.1, 0.15) is 12.8 Å². The van der Waals surface area contributed by atoms with Gasteiger partial charge in [0.1, 0.15) is 0 Å². The molecule has 3 rings (SSSR count). The highest BCUT2D eigenvalue weighted by molar-refractivity contribution is 7.92. The van der Waals surface area contributed by atoms with E-state index in [2.05, 4.69) is 10.2 Å². The molecule has 1 saturated carbocycles. The normalized spacial score (nSPS) is 17.1. The maximum absolute atomic E-state index is 12.1. The Kier molecular flexibility index (Phi) is 1.68. The van der Waals surface area contributed by atoms with Crippen LogP contribution >= 0.6 is 0 Å². The molecular weight excluding hydrogens is 212 g/mol. The van der Waals surface area contributed by atoms with Crippen LogP contribution in [0.3, 0.4) is 0 Å². The topological polar surface area (TPSA) is 62.8 Å². The Morgan fingerprint density at radius 3 is 2.87 bits per heavy atom. The summed E-state index contributed by atoms with van der Waals surface area (Å²) >= 11 is 0. The molecule has 1 fully saturated rings. The van der Waals surface area contributed by atoms with Gasteiger partial charge in [-0.25, -0.2) is 8.42 Å². The number of rotatable bonds is 2. The van der Waals surface area contributed by atoms with Crippen molar-refractivity contribution in [3.8, 4) is 0 Å². The average Bonchev–Trinajstić information content (AvgIpc) is 2.97. The molecule has 1 aliphatic rings. The van der Waals surface area contributed by atoms with Gasteiger partial charge in [-0.3, -0.25) is 5.10 Å². The summed E-state index contributed by atoms with van der Waals surface area (Å²) in [6.45, 7) is 0. The third-order valence-corrected chi connectivity index (χ3v) is 5.03. The molecule has 1 aliphatic carbocycles. The van der Waals surface area contributed by atoms with Crippen molar-refractivity contribution in [3.05, 3.63) is 24.4 Å². The number of sulfone groups is 1. The van der Waals surface area contributed by atoms with Crippen LogP contribution in [0, 0.1) is 0 Å². The molecule has 5 heteroatoms. The number of hydrogen-bond acceptors (Lipinski definition) is 3. The minimum Gasteiger partial charge on any atom is -0.278 e. The van der Waals surface area contributed by atoms with Gasteiger partial charge < -0.3 is 0 Å². The van der Waals surface area contributed by atoms with Gasteiger partial charge in [-0.15, -0.1) is 0 Å². The van der Waals surface area contributed by atoms with Crippen molar-refractivity contribution in [1.29, 1.82) is 0 Å². The number of hydrogen-bond donors (Lipinski definition) is 1. The Balaban J connectivity index is 2.30. The number of aromatic nitrogens is 2. The van der Waals surface area contributed by atoms with Crippen molar-refractivity contribution >= 4 is 20.7 Å². The number of fused-ring (bicyclic) bond motifs is 1. The first-order valence-electron chi connectivity index (χ1n) is 4.85. The molecule has 0 atom stereocenters. The molecule has 78 valence electrons. The smallest absolute Gasteiger partial charge is 0.181 e. The van der Waals surface area contributed by atoms with E-state index in [4.69, 9.17) is 0 Å². The van der Waals surface area contributed by atoms with Gasteiger partial charge in [0.15, 0.2) is 9.84 Å². The maximum Gasteiger partial charge on any atom is 0.181 e. The van der Waals surface area contributed by atoms with Crippen molar-refractivity contribution in [1.82, 2.24) is 10.2 Å². The summed E-state index contributed by atoms with van der Waals surface area (Å²) in [5.74, 6) is 0. The highest BCUT2D eigenvalue weighted by atomic mass is 32.2. The fourth-order valence-corrected chi connectivity index (χ4v) is 3.60. The Labute approximate surface area is 87.2 Å². The molecule has 0 saturated heterocycles. The predicted octanol–water partition coefficient (Wildman–Crippen LogP) is 1.50. The molecule has 0 unspecified atom stereocenters. The van der Waals surface area contributed by atoms with Crippen molar-refractivity contribution in [2.75, 3.05) is 0 Å². The fraction of sp³-hybridized carbons (Fsp3) is 0.300. The maximum atomic E-state index is 12.1. The van der Waals surface area contributed by atoms with E-state index in [0.29, 0.717) is 10.3 Å². The summed E-state index contributed by atoms with van der Waals surface area (Å²) < 4.78 is 24.1. The standard InChI is InChI=1S/C10H10N2O2S/c13-15(14,7-4-5-7)10-3-1-2-9-8(10)6-11-12-9/h1-3,6-7H,4-5H2,(H,11,12). The van der Waals surface area contributed by atoms with E-state index in [-0.39, 0.29) is 5.25 Å². The van der Waals surface area contributed by atoms with E-state index in [0.717, 1.165) is 18.4 Å². The number of aromatic amines is 1. The van der Waals surface area contributed by atoms with Crippen molar-refractivity contribution in [3.63, 3.8) is 0 Å². The molecule has 1 heterocycles. The van der Waals surface area contributed by atoms with Crippen molar-refractivity contribution < 1.29 is 8.42 Å². The molecule has 0 radical (unpaired) electrons. The molecule has 0 aliphatic heterocycles. The monoisotopic (exact) mass is 222 g/mol. The Morgan fingerprint density at radius 2 is 2.13 bits per heavy atom. The van der Waals surface area contributed by atoms with Crippen LogP contribution in [0.5, 0.6) is 0 Å². The van der Waals surface area contributed by atoms with Gasteiger partial charge in [-0.1, -0.05) is 6.07 Å². The second kappa shape index (κ2) is 2.82. The van der Waals surface area contributed by atoms with Crippen LogP contribution in [0.25, 0.3) is 10.9 Å². The molecule has 0 spiro atoms. The van der Waals surface area contributed by atoms with Gasteiger partial charge in [-0.2, -0.15) is 5.10 Å². The molecule has 1 N–H and O–H groups in total. The summed E-state index contributed by atoms with van der Waals surface area (Å²) in [6.07, 6.45) is 3.15. The summed E-state index contributed by atoms with van der Waals surface area (Å²) in [7, 11) is -3.12. The lowest BCUT2D eigenvalue weighted by molar-refractivity contribution is 0.595. The SMILES string of the molecule is O=S(=O)(c1cccc2[nH]ncc12)C1CC1. The van der Waals surface area contributed by atoms with Crippen LogP contribution < -0.4 is 0 Å². The highest BCUT2D eigenvalue weighted by Crippen LogP contribution is 2.35. The lowest BCUT2D eigenvalue weighted by Gasteiger charge is -2.02. The molecule has 4 nitrogen and oxygen atoms in total. The molecule has 0 amide bonds. The van der Waals surface area contributed by atoms with Crippen molar-refractivity contribution in [2.45, 2.75) is 23.0 Å². The van der Waals surface area contributed by atoms with Gasteiger partial charge in [-0.05, 0) is 25.0 Å². The highest BCUT2D eigenvalue weighted by Gasteiger charge is 2.37. The Bertz CT molecular complexity index is 611. The molecule has 15 heavy (non-hydrogen) atoms. The van der Waals surface area contributed by atoms with Gasteiger partial charge in [0.25, 0.3) is 0 Å². The third-order valence-electron chi connectivity index (χ3n) is 2.71. The average molecular weight is 222 g/mol. The minimum atomic E-state index is -3.12. The van der Waals surface area contributed by atoms with E-state index in [1.54, 1.807) is 18.3 Å². The van der Waals surface area contributed by atoms with Crippen LogP contribution in [-0.2, 0) is 9.84 Å². The van der Waals surface area contributed by atoms with E-state index in [1.165, 1.54) is 0 Å². The molecule has 0 bridgehead atoms. The van der Waals surface area contributed by atoms with Gasteiger partial charge in [0, 0.05) is 5.39 Å². The van der Waals surface area contributed by atoms with Crippen LogP contribution in [-0.4, -0.2) is 23.9 Å². The first-order valence-corrected chi connectivity index (χ1v) is 6.40. The number of benzene rings is 1. The second-order valence-corrected chi connectivity index (χ2v) is 6.03. The molecular formula is C10H10N2O2S. The Morgan fingerprint density at radius 1 is 1.33 bits per heavy atom. The largest absolute Gasteiger partial charge is 0.278 e. The summed E-state index contributed by atoms with van der Waals surface area (Å²) in [5.41, 5.74) is 0.775.